The molecule has 0 aliphatic heterocycles. The van der Waals surface area contributed by atoms with E-state index in [2.05, 4.69) is 4.98 Å². The molecule has 0 fully saturated rings. The average molecular weight is 271 g/mol. The van der Waals surface area contributed by atoms with Gasteiger partial charge in [0.25, 0.3) is 0 Å². The molecule has 0 N–H and O–H groups in total. The third-order valence-electron chi connectivity index (χ3n) is 2.81. The number of anilines is 1. The molecule has 2 aromatic rings. The molecule has 0 aliphatic carbocycles. The summed E-state index contributed by atoms with van der Waals surface area (Å²) in [6, 6.07) is 11.4. The minimum Gasteiger partial charge on any atom is -0.492 e. The van der Waals surface area contributed by atoms with Crippen LogP contribution >= 0.6 is 0 Å². The van der Waals surface area contributed by atoms with Crippen molar-refractivity contribution in [2.45, 2.75) is 0 Å². The first-order chi connectivity index (χ1) is 9.69. The molecule has 20 heavy (non-hydrogen) atoms. The van der Waals surface area contributed by atoms with E-state index in [0.29, 0.717) is 24.6 Å². The summed E-state index contributed by atoms with van der Waals surface area (Å²) in [7, 11) is 1.91. The molecular formula is C15H14FN3O. The normalized spacial score (nSPS) is 9.85. The molecule has 0 bridgehead atoms. The van der Waals surface area contributed by atoms with E-state index in [1.165, 1.54) is 12.1 Å². The van der Waals surface area contributed by atoms with Gasteiger partial charge in [-0.2, -0.15) is 5.26 Å². The lowest BCUT2D eigenvalue weighted by Crippen LogP contribution is -2.23. The lowest BCUT2D eigenvalue weighted by atomic mass is 10.3. The quantitative estimate of drug-likeness (QED) is 0.838. The highest BCUT2D eigenvalue weighted by atomic mass is 19.1. The van der Waals surface area contributed by atoms with Gasteiger partial charge in [0, 0.05) is 7.05 Å². The van der Waals surface area contributed by atoms with Crippen molar-refractivity contribution >= 4 is 5.69 Å². The van der Waals surface area contributed by atoms with Crippen LogP contribution < -0.4 is 9.64 Å². The summed E-state index contributed by atoms with van der Waals surface area (Å²) in [4.78, 5) is 5.98. The zero-order valence-corrected chi connectivity index (χ0v) is 11.1. The topological polar surface area (TPSA) is 49.1 Å². The summed E-state index contributed by atoms with van der Waals surface area (Å²) < 4.78 is 18.2. The molecule has 1 heterocycles. The average Bonchev–Trinajstić information content (AvgIpc) is 2.49. The monoisotopic (exact) mass is 271 g/mol. The van der Waals surface area contributed by atoms with Crippen molar-refractivity contribution < 1.29 is 9.13 Å². The predicted molar refractivity (Wildman–Crippen MR) is 74.1 cm³/mol. The van der Waals surface area contributed by atoms with Crippen LogP contribution in [-0.2, 0) is 0 Å². The van der Waals surface area contributed by atoms with E-state index in [4.69, 9.17) is 10.00 Å². The van der Waals surface area contributed by atoms with Gasteiger partial charge in [-0.25, -0.2) is 9.37 Å². The van der Waals surface area contributed by atoms with Gasteiger partial charge in [0.1, 0.15) is 29.9 Å². The second kappa shape index (κ2) is 6.53. The Hall–Kier alpha value is -2.61. The fourth-order valence-corrected chi connectivity index (χ4v) is 1.64. The second-order valence-corrected chi connectivity index (χ2v) is 4.24. The summed E-state index contributed by atoms with van der Waals surface area (Å²) in [5.74, 6) is 0.357. The van der Waals surface area contributed by atoms with E-state index in [0.717, 1.165) is 5.69 Å². The summed E-state index contributed by atoms with van der Waals surface area (Å²) in [6.07, 6.45) is 1.65. The maximum Gasteiger partial charge on any atom is 0.140 e. The molecule has 0 atom stereocenters. The third kappa shape index (κ3) is 3.69. The number of aromatic nitrogens is 1. The van der Waals surface area contributed by atoms with Gasteiger partial charge in [-0.3, -0.25) is 0 Å². The van der Waals surface area contributed by atoms with E-state index in [1.807, 2.05) is 24.1 Å². The van der Waals surface area contributed by atoms with Crippen LogP contribution in [0, 0.1) is 17.1 Å². The Morgan fingerprint density at radius 3 is 2.60 bits per heavy atom. The smallest absolute Gasteiger partial charge is 0.140 e. The van der Waals surface area contributed by atoms with Gasteiger partial charge in [-0.15, -0.1) is 0 Å². The summed E-state index contributed by atoms with van der Waals surface area (Å²) >= 11 is 0. The molecule has 4 nitrogen and oxygen atoms in total. The highest BCUT2D eigenvalue weighted by Crippen LogP contribution is 2.13. The molecule has 0 radical (unpaired) electrons. The van der Waals surface area contributed by atoms with Crippen molar-refractivity contribution in [2.75, 3.05) is 25.1 Å². The third-order valence-corrected chi connectivity index (χ3v) is 2.81. The Balaban J connectivity index is 1.84. The van der Waals surface area contributed by atoms with Crippen LogP contribution in [0.3, 0.4) is 0 Å². The molecule has 102 valence electrons. The van der Waals surface area contributed by atoms with Crippen LogP contribution in [0.5, 0.6) is 5.75 Å². The predicted octanol–water partition coefficient (Wildman–Crippen LogP) is 2.61. The van der Waals surface area contributed by atoms with E-state index in [1.54, 1.807) is 24.4 Å². The number of likely N-dealkylation sites (N-methyl/N-ethyl adjacent to an activating group) is 1. The number of nitrogens with zero attached hydrogens (tertiary/aromatic N) is 3. The Bertz CT molecular complexity index is 590. The van der Waals surface area contributed by atoms with Crippen molar-refractivity contribution in [3.63, 3.8) is 0 Å². The number of benzene rings is 1. The van der Waals surface area contributed by atoms with E-state index in [-0.39, 0.29) is 5.82 Å². The summed E-state index contributed by atoms with van der Waals surface area (Å²) in [5, 5.41) is 8.68. The van der Waals surface area contributed by atoms with Crippen LogP contribution in [0.1, 0.15) is 5.69 Å². The molecule has 0 saturated heterocycles. The van der Waals surface area contributed by atoms with Crippen LogP contribution in [0.2, 0.25) is 0 Å². The number of halogens is 1. The van der Waals surface area contributed by atoms with Crippen molar-refractivity contribution in [3.05, 3.63) is 54.1 Å². The highest BCUT2D eigenvalue weighted by molar-refractivity contribution is 5.44. The van der Waals surface area contributed by atoms with Crippen LogP contribution in [0.25, 0.3) is 0 Å². The molecule has 0 unspecified atom stereocenters. The summed E-state index contributed by atoms with van der Waals surface area (Å²) in [6.45, 7) is 1.13. The number of nitriles is 1. The molecule has 1 aromatic carbocycles. The Morgan fingerprint density at radius 2 is 2.00 bits per heavy atom. The fourth-order valence-electron chi connectivity index (χ4n) is 1.64. The van der Waals surface area contributed by atoms with Crippen molar-refractivity contribution in [1.82, 2.24) is 4.98 Å². The molecule has 5 heteroatoms. The Labute approximate surface area is 117 Å². The minimum absolute atomic E-state index is 0.280. The first-order valence-electron chi connectivity index (χ1n) is 6.14. The minimum atomic E-state index is -0.280. The molecule has 0 saturated carbocycles. The van der Waals surface area contributed by atoms with E-state index >= 15 is 0 Å². The highest BCUT2D eigenvalue weighted by Gasteiger charge is 2.02. The lowest BCUT2D eigenvalue weighted by molar-refractivity contribution is 0.325. The maximum atomic E-state index is 12.7. The Morgan fingerprint density at radius 1 is 1.25 bits per heavy atom. The van der Waals surface area contributed by atoms with Gasteiger partial charge in [0.05, 0.1) is 18.4 Å². The van der Waals surface area contributed by atoms with Gasteiger partial charge < -0.3 is 9.64 Å². The van der Waals surface area contributed by atoms with Crippen LogP contribution in [0.15, 0.2) is 42.6 Å². The standard InChI is InChI=1S/C15H14FN3O/c1-19(14-5-4-13(10-17)18-11-14)8-9-20-15-6-2-12(16)3-7-15/h2-7,11H,8-9H2,1H3. The lowest BCUT2D eigenvalue weighted by Gasteiger charge is -2.19. The van der Waals surface area contributed by atoms with Crippen molar-refractivity contribution in [2.24, 2.45) is 0 Å². The molecule has 1 aromatic heterocycles. The number of hydrogen-bond acceptors (Lipinski definition) is 4. The van der Waals surface area contributed by atoms with Gasteiger partial charge in [-0.1, -0.05) is 0 Å². The molecule has 0 aliphatic rings. The van der Waals surface area contributed by atoms with Gasteiger partial charge in [0.15, 0.2) is 0 Å². The van der Waals surface area contributed by atoms with Gasteiger partial charge in [0.2, 0.25) is 0 Å². The number of ether oxygens (including phenoxy) is 1. The van der Waals surface area contributed by atoms with Gasteiger partial charge in [-0.05, 0) is 36.4 Å². The first kappa shape index (κ1) is 13.8. The maximum absolute atomic E-state index is 12.7. The molecule has 0 amide bonds. The zero-order chi connectivity index (χ0) is 14.4. The number of hydrogen-bond donors (Lipinski definition) is 0. The molecule has 0 spiro atoms. The Kier molecular flexibility index (Phi) is 4.51. The van der Waals surface area contributed by atoms with E-state index in [9.17, 15) is 4.39 Å². The van der Waals surface area contributed by atoms with Gasteiger partial charge >= 0.3 is 0 Å². The summed E-state index contributed by atoms with van der Waals surface area (Å²) in [5.41, 5.74) is 1.30. The second-order valence-electron chi connectivity index (χ2n) is 4.24. The van der Waals surface area contributed by atoms with Crippen molar-refractivity contribution in [1.29, 1.82) is 5.26 Å². The van der Waals surface area contributed by atoms with Crippen LogP contribution in [0.4, 0.5) is 10.1 Å². The van der Waals surface area contributed by atoms with Crippen molar-refractivity contribution in [3.8, 4) is 11.8 Å². The zero-order valence-electron chi connectivity index (χ0n) is 11.1. The molecule has 2 rings (SSSR count). The van der Waals surface area contributed by atoms with E-state index < -0.39 is 0 Å². The largest absolute Gasteiger partial charge is 0.492 e. The van der Waals surface area contributed by atoms with Crippen LogP contribution in [-0.4, -0.2) is 25.2 Å². The fraction of sp³-hybridized carbons (Fsp3) is 0.200. The number of pyridine rings is 1. The first-order valence-corrected chi connectivity index (χ1v) is 6.14. The number of rotatable bonds is 5. The SMILES string of the molecule is CN(CCOc1ccc(F)cc1)c1ccc(C#N)nc1. The molecular weight excluding hydrogens is 257 g/mol.